The lowest BCUT2D eigenvalue weighted by atomic mass is 10.0. The molecule has 18 heavy (non-hydrogen) atoms. The number of hydrogen-bond acceptors (Lipinski definition) is 1. The summed E-state index contributed by atoms with van der Waals surface area (Å²) in [4.78, 5) is 0. The maximum Gasteiger partial charge on any atom is 0.123 e. The van der Waals surface area contributed by atoms with Crippen LogP contribution < -0.4 is 0 Å². The average Bonchev–Trinajstić information content (AvgIpc) is 2.42. The van der Waals surface area contributed by atoms with Crippen molar-refractivity contribution in [3.63, 3.8) is 0 Å². The van der Waals surface area contributed by atoms with Crippen molar-refractivity contribution in [3.05, 3.63) is 71.5 Å². The molecule has 1 nitrogen and oxygen atoms in total. The topological polar surface area (TPSA) is 20.2 Å². The molecular weight excluding hydrogens is 227 g/mol. The van der Waals surface area contributed by atoms with Gasteiger partial charge in [0.25, 0.3) is 0 Å². The summed E-state index contributed by atoms with van der Waals surface area (Å²) in [6.07, 6.45) is 2.07. The number of aliphatic hydroxyl groups excluding tert-OH is 1. The van der Waals surface area contributed by atoms with Crippen LogP contribution in [0.1, 0.15) is 30.1 Å². The first-order chi connectivity index (χ1) is 8.75. The maximum absolute atomic E-state index is 12.7. The van der Waals surface area contributed by atoms with E-state index < -0.39 is 6.10 Å². The Morgan fingerprint density at radius 2 is 1.61 bits per heavy atom. The van der Waals surface area contributed by atoms with Crippen molar-refractivity contribution in [2.75, 3.05) is 0 Å². The summed E-state index contributed by atoms with van der Waals surface area (Å²) in [5.41, 5.74) is 2.06. The number of aliphatic hydroxyl groups is 1. The largest absolute Gasteiger partial charge is 0.388 e. The van der Waals surface area contributed by atoms with Crippen LogP contribution in [0.5, 0.6) is 0 Å². The number of rotatable bonds is 5. The van der Waals surface area contributed by atoms with Crippen LogP contribution in [0, 0.1) is 5.82 Å². The van der Waals surface area contributed by atoms with Gasteiger partial charge in [-0.15, -0.1) is 0 Å². The van der Waals surface area contributed by atoms with E-state index in [0.29, 0.717) is 0 Å². The van der Waals surface area contributed by atoms with Gasteiger partial charge in [-0.25, -0.2) is 4.39 Å². The highest BCUT2D eigenvalue weighted by Crippen LogP contribution is 2.19. The fourth-order valence-corrected chi connectivity index (χ4v) is 1.99. The molecule has 0 amide bonds. The fourth-order valence-electron chi connectivity index (χ4n) is 1.99. The molecule has 2 heteroatoms. The Morgan fingerprint density at radius 1 is 0.944 bits per heavy atom. The normalized spacial score (nSPS) is 12.3. The average molecular weight is 244 g/mol. The lowest BCUT2D eigenvalue weighted by Gasteiger charge is -2.10. The maximum atomic E-state index is 12.7. The van der Waals surface area contributed by atoms with Crippen LogP contribution in [-0.4, -0.2) is 5.11 Å². The Morgan fingerprint density at radius 3 is 2.28 bits per heavy atom. The number of hydrogen-bond donors (Lipinski definition) is 1. The van der Waals surface area contributed by atoms with Crippen molar-refractivity contribution >= 4 is 0 Å². The van der Waals surface area contributed by atoms with Gasteiger partial charge < -0.3 is 5.11 Å². The number of halogens is 1. The van der Waals surface area contributed by atoms with E-state index in [1.807, 2.05) is 30.3 Å². The first kappa shape index (κ1) is 12.8. The van der Waals surface area contributed by atoms with Gasteiger partial charge in [0.05, 0.1) is 6.10 Å². The van der Waals surface area contributed by atoms with Crippen LogP contribution in [0.3, 0.4) is 0 Å². The summed E-state index contributed by atoms with van der Waals surface area (Å²) in [5.74, 6) is -0.205. The molecule has 2 aromatic rings. The third-order valence-electron chi connectivity index (χ3n) is 3.04. The summed E-state index contributed by atoms with van der Waals surface area (Å²) < 4.78 is 12.7. The van der Waals surface area contributed by atoms with Gasteiger partial charge in [-0.05, 0) is 42.5 Å². The first-order valence-electron chi connectivity index (χ1n) is 6.23. The highest BCUT2D eigenvalue weighted by Gasteiger charge is 2.06. The molecule has 0 saturated carbocycles. The van der Waals surface area contributed by atoms with E-state index in [0.717, 1.165) is 30.4 Å². The minimum atomic E-state index is -0.411. The molecule has 1 N–H and O–H groups in total. The first-order valence-corrected chi connectivity index (χ1v) is 6.23. The Hall–Kier alpha value is -1.67. The van der Waals surface area contributed by atoms with E-state index in [4.69, 9.17) is 0 Å². The van der Waals surface area contributed by atoms with E-state index in [1.165, 1.54) is 12.1 Å². The molecule has 0 fully saturated rings. The zero-order chi connectivity index (χ0) is 12.8. The quantitative estimate of drug-likeness (QED) is 0.846. The molecule has 2 aromatic carbocycles. The molecule has 0 radical (unpaired) electrons. The summed E-state index contributed by atoms with van der Waals surface area (Å²) in [6.45, 7) is 0. The standard InChI is InChI=1S/C16H17FO/c17-15-11-9-13(10-12-15)5-4-8-16(18)14-6-2-1-3-7-14/h1-3,6-7,9-12,16,18H,4-5,8H2. The lowest BCUT2D eigenvalue weighted by Crippen LogP contribution is -1.98. The van der Waals surface area contributed by atoms with Gasteiger partial charge in [-0.2, -0.15) is 0 Å². The highest BCUT2D eigenvalue weighted by molar-refractivity contribution is 5.18. The Labute approximate surface area is 107 Å². The minimum Gasteiger partial charge on any atom is -0.388 e. The predicted molar refractivity (Wildman–Crippen MR) is 70.7 cm³/mol. The molecule has 0 bridgehead atoms. The molecule has 2 rings (SSSR count). The van der Waals surface area contributed by atoms with Gasteiger partial charge >= 0.3 is 0 Å². The van der Waals surface area contributed by atoms with Crippen LogP contribution in [0.15, 0.2) is 54.6 Å². The van der Waals surface area contributed by atoms with Crippen LogP contribution in [0.4, 0.5) is 4.39 Å². The lowest BCUT2D eigenvalue weighted by molar-refractivity contribution is 0.164. The molecule has 0 aliphatic heterocycles. The number of aryl methyl sites for hydroxylation is 1. The molecular formula is C16H17FO. The molecule has 0 heterocycles. The van der Waals surface area contributed by atoms with Crippen molar-refractivity contribution in [3.8, 4) is 0 Å². The minimum absolute atomic E-state index is 0.205. The van der Waals surface area contributed by atoms with Gasteiger partial charge in [-0.3, -0.25) is 0 Å². The second-order valence-corrected chi connectivity index (χ2v) is 4.45. The Kier molecular flexibility index (Phi) is 4.48. The second kappa shape index (κ2) is 6.31. The third kappa shape index (κ3) is 3.67. The summed E-state index contributed by atoms with van der Waals surface area (Å²) in [7, 11) is 0. The van der Waals surface area contributed by atoms with Crippen molar-refractivity contribution in [1.82, 2.24) is 0 Å². The van der Waals surface area contributed by atoms with Gasteiger partial charge in [0.15, 0.2) is 0 Å². The Balaban J connectivity index is 1.80. The van der Waals surface area contributed by atoms with E-state index in [2.05, 4.69) is 0 Å². The second-order valence-electron chi connectivity index (χ2n) is 4.45. The molecule has 0 aliphatic rings. The van der Waals surface area contributed by atoms with E-state index in [-0.39, 0.29) is 5.82 Å². The third-order valence-corrected chi connectivity index (χ3v) is 3.04. The summed E-state index contributed by atoms with van der Waals surface area (Å²) in [5, 5.41) is 9.98. The molecule has 0 spiro atoms. The fraction of sp³-hybridized carbons (Fsp3) is 0.250. The summed E-state index contributed by atoms with van der Waals surface area (Å²) in [6, 6.07) is 16.2. The monoisotopic (exact) mass is 244 g/mol. The predicted octanol–water partition coefficient (Wildman–Crippen LogP) is 3.88. The molecule has 0 aromatic heterocycles. The van der Waals surface area contributed by atoms with Crippen molar-refractivity contribution in [1.29, 1.82) is 0 Å². The molecule has 1 atom stereocenters. The zero-order valence-electron chi connectivity index (χ0n) is 10.2. The van der Waals surface area contributed by atoms with E-state index in [9.17, 15) is 9.50 Å². The van der Waals surface area contributed by atoms with Gasteiger partial charge in [-0.1, -0.05) is 42.5 Å². The van der Waals surface area contributed by atoms with Crippen molar-refractivity contribution in [2.24, 2.45) is 0 Å². The van der Waals surface area contributed by atoms with E-state index in [1.54, 1.807) is 12.1 Å². The van der Waals surface area contributed by atoms with Gasteiger partial charge in [0.2, 0.25) is 0 Å². The van der Waals surface area contributed by atoms with Gasteiger partial charge in [0.1, 0.15) is 5.82 Å². The van der Waals surface area contributed by atoms with Crippen LogP contribution in [0.25, 0.3) is 0 Å². The van der Waals surface area contributed by atoms with Crippen molar-refractivity contribution in [2.45, 2.75) is 25.4 Å². The SMILES string of the molecule is OC(CCCc1ccc(F)cc1)c1ccccc1. The van der Waals surface area contributed by atoms with Crippen LogP contribution in [-0.2, 0) is 6.42 Å². The molecule has 0 saturated heterocycles. The molecule has 94 valence electrons. The summed E-state index contributed by atoms with van der Waals surface area (Å²) >= 11 is 0. The zero-order valence-corrected chi connectivity index (χ0v) is 10.2. The molecule has 0 aliphatic carbocycles. The smallest absolute Gasteiger partial charge is 0.123 e. The van der Waals surface area contributed by atoms with Crippen LogP contribution in [0.2, 0.25) is 0 Å². The molecule has 1 unspecified atom stereocenters. The Bertz CT molecular complexity index is 464. The number of benzene rings is 2. The van der Waals surface area contributed by atoms with Crippen molar-refractivity contribution < 1.29 is 9.50 Å². The highest BCUT2D eigenvalue weighted by atomic mass is 19.1. The van der Waals surface area contributed by atoms with Crippen LogP contribution >= 0.6 is 0 Å². The van der Waals surface area contributed by atoms with E-state index >= 15 is 0 Å². The van der Waals surface area contributed by atoms with Gasteiger partial charge in [0, 0.05) is 0 Å².